The molecule has 0 radical (unpaired) electrons. The second kappa shape index (κ2) is 7.03. The quantitative estimate of drug-likeness (QED) is 0.638. The lowest BCUT2D eigenvalue weighted by Gasteiger charge is -2.25. The van der Waals surface area contributed by atoms with E-state index in [1.165, 1.54) is 0 Å². The first kappa shape index (κ1) is 16.5. The van der Waals surface area contributed by atoms with E-state index in [1.807, 2.05) is 36.5 Å². The molecule has 2 heterocycles. The molecule has 24 heavy (non-hydrogen) atoms. The van der Waals surface area contributed by atoms with Crippen molar-refractivity contribution in [1.82, 2.24) is 14.6 Å². The Balaban J connectivity index is 1.88. The van der Waals surface area contributed by atoms with Gasteiger partial charge in [0.25, 0.3) is 0 Å². The van der Waals surface area contributed by atoms with Crippen molar-refractivity contribution in [1.29, 1.82) is 0 Å². The molecule has 0 bridgehead atoms. The normalized spacial score (nSPS) is 19.6. The summed E-state index contributed by atoms with van der Waals surface area (Å²) < 4.78 is 6.88. The molecule has 6 heteroatoms. The Kier molecular flexibility index (Phi) is 4.83. The van der Waals surface area contributed by atoms with E-state index >= 15 is 0 Å². The zero-order valence-corrected chi connectivity index (χ0v) is 14.5. The molecule has 1 aliphatic rings. The lowest BCUT2D eigenvalue weighted by Crippen LogP contribution is -2.17. The van der Waals surface area contributed by atoms with Gasteiger partial charge in [0.15, 0.2) is 5.65 Å². The molecule has 6 nitrogen and oxygen atoms in total. The number of anilines is 1. The van der Waals surface area contributed by atoms with Crippen LogP contribution in [0.25, 0.3) is 5.65 Å². The zero-order chi connectivity index (χ0) is 17.1. The highest BCUT2D eigenvalue weighted by molar-refractivity contribution is 5.82. The summed E-state index contributed by atoms with van der Waals surface area (Å²) in [7, 11) is 4.01. The molecule has 0 amide bonds. The first-order valence-electron chi connectivity index (χ1n) is 8.46. The molecule has 0 N–H and O–H groups in total. The van der Waals surface area contributed by atoms with Crippen LogP contribution in [-0.4, -0.2) is 41.3 Å². The number of hydrogen-bond acceptors (Lipinski definition) is 5. The van der Waals surface area contributed by atoms with Crippen molar-refractivity contribution in [3.63, 3.8) is 0 Å². The highest BCUT2D eigenvalue weighted by Crippen LogP contribution is 2.36. The van der Waals surface area contributed by atoms with Gasteiger partial charge in [0.1, 0.15) is 5.82 Å². The van der Waals surface area contributed by atoms with Gasteiger partial charge in [-0.05, 0) is 32.6 Å². The summed E-state index contributed by atoms with van der Waals surface area (Å²) in [6, 6.07) is 4.03. The van der Waals surface area contributed by atoms with Crippen LogP contribution in [0.3, 0.4) is 0 Å². The van der Waals surface area contributed by atoms with Gasteiger partial charge in [-0.15, -0.1) is 0 Å². The third-order valence-electron chi connectivity index (χ3n) is 4.40. The minimum atomic E-state index is -0.235. The van der Waals surface area contributed by atoms with Gasteiger partial charge < -0.3 is 9.64 Å². The molecule has 3 rings (SSSR count). The van der Waals surface area contributed by atoms with Crippen molar-refractivity contribution in [3.05, 3.63) is 35.7 Å². The van der Waals surface area contributed by atoms with Crippen LogP contribution in [0.5, 0.6) is 0 Å². The number of esters is 1. The Morgan fingerprint density at radius 2 is 2.33 bits per heavy atom. The Hall–Kier alpha value is -2.37. The van der Waals surface area contributed by atoms with E-state index in [-0.39, 0.29) is 5.97 Å². The molecule has 0 aliphatic heterocycles. The van der Waals surface area contributed by atoms with Gasteiger partial charge in [-0.25, -0.2) is 9.78 Å². The molecule has 0 saturated heterocycles. The van der Waals surface area contributed by atoms with E-state index in [0.29, 0.717) is 12.5 Å². The number of aromatic nitrogens is 3. The maximum Gasteiger partial charge on any atom is 0.330 e. The third-order valence-corrected chi connectivity index (χ3v) is 4.40. The maximum atomic E-state index is 11.7. The molecular weight excluding hydrogens is 304 g/mol. The van der Waals surface area contributed by atoms with E-state index in [1.54, 1.807) is 12.3 Å². The summed E-state index contributed by atoms with van der Waals surface area (Å²) in [6.07, 6.45) is 7.42. The van der Waals surface area contributed by atoms with Gasteiger partial charge in [-0.3, -0.25) is 0 Å². The number of carbonyl (C=O) groups is 1. The number of hydrogen-bond donors (Lipinski definition) is 0. The van der Waals surface area contributed by atoms with Crippen LogP contribution in [0, 0.1) is 0 Å². The predicted octanol–water partition coefficient (Wildman–Crippen LogP) is 2.94. The van der Waals surface area contributed by atoms with Crippen molar-refractivity contribution in [3.8, 4) is 0 Å². The minimum Gasteiger partial charge on any atom is -0.463 e. The van der Waals surface area contributed by atoms with Crippen LogP contribution in [0.15, 0.2) is 30.0 Å². The number of allylic oxidation sites excluding steroid dienone is 1. The molecule has 0 spiro atoms. The zero-order valence-electron chi connectivity index (χ0n) is 14.5. The van der Waals surface area contributed by atoms with Gasteiger partial charge in [0.2, 0.25) is 0 Å². The summed E-state index contributed by atoms with van der Waals surface area (Å²) in [6.45, 7) is 2.24. The van der Waals surface area contributed by atoms with E-state index in [0.717, 1.165) is 48.4 Å². The molecule has 1 unspecified atom stereocenters. The lowest BCUT2D eigenvalue weighted by atomic mass is 9.83. The average Bonchev–Trinajstić information content (AvgIpc) is 3.02. The highest BCUT2D eigenvalue weighted by Gasteiger charge is 2.22. The van der Waals surface area contributed by atoms with Gasteiger partial charge >= 0.3 is 5.97 Å². The van der Waals surface area contributed by atoms with Crippen molar-refractivity contribution in [2.45, 2.75) is 38.5 Å². The fourth-order valence-corrected chi connectivity index (χ4v) is 3.27. The topological polar surface area (TPSA) is 59.7 Å². The Morgan fingerprint density at radius 3 is 3.08 bits per heavy atom. The van der Waals surface area contributed by atoms with E-state index in [9.17, 15) is 4.79 Å². The predicted molar refractivity (Wildman–Crippen MR) is 93.2 cm³/mol. The molecule has 1 fully saturated rings. The van der Waals surface area contributed by atoms with Crippen LogP contribution in [0.4, 0.5) is 5.82 Å². The molecule has 2 aromatic heterocycles. The minimum absolute atomic E-state index is 0.235. The van der Waals surface area contributed by atoms with Crippen molar-refractivity contribution in [2.24, 2.45) is 0 Å². The van der Waals surface area contributed by atoms with E-state index in [4.69, 9.17) is 9.72 Å². The Morgan fingerprint density at radius 1 is 1.50 bits per heavy atom. The van der Waals surface area contributed by atoms with Crippen LogP contribution in [0.1, 0.15) is 44.2 Å². The molecule has 128 valence electrons. The van der Waals surface area contributed by atoms with Crippen molar-refractivity contribution >= 4 is 17.4 Å². The monoisotopic (exact) mass is 328 g/mol. The van der Waals surface area contributed by atoms with Crippen LogP contribution in [0.2, 0.25) is 0 Å². The standard InChI is InChI=1S/C18H24N4O2/c1-4-24-18(23)11-13-6-5-7-14(10-13)15-12-17(21(2)3)22-16(20-15)8-9-19-22/h8-9,11-12,14H,4-7,10H2,1-3H3. The molecular formula is C18H24N4O2. The summed E-state index contributed by atoms with van der Waals surface area (Å²) >= 11 is 0. The average molecular weight is 328 g/mol. The molecule has 1 aliphatic carbocycles. The third kappa shape index (κ3) is 3.42. The summed E-state index contributed by atoms with van der Waals surface area (Å²) in [5.74, 6) is 1.11. The van der Waals surface area contributed by atoms with Gasteiger partial charge in [0.05, 0.1) is 12.8 Å². The summed E-state index contributed by atoms with van der Waals surface area (Å²) in [5, 5.41) is 4.34. The Labute approximate surface area is 142 Å². The SMILES string of the molecule is CCOC(=O)C=C1CCCC(c2cc(N(C)C)n3nccc3n2)C1. The summed E-state index contributed by atoms with van der Waals surface area (Å²) in [4.78, 5) is 18.5. The molecule has 1 saturated carbocycles. The van der Waals surface area contributed by atoms with E-state index in [2.05, 4.69) is 11.2 Å². The van der Waals surface area contributed by atoms with Gasteiger partial charge in [-0.1, -0.05) is 5.57 Å². The Bertz CT molecular complexity index is 763. The number of ether oxygens (including phenoxy) is 1. The molecule has 2 aromatic rings. The summed E-state index contributed by atoms with van der Waals surface area (Å²) in [5.41, 5.74) is 3.09. The van der Waals surface area contributed by atoms with Crippen molar-refractivity contribution < 1.29 is 9.53 Å². The number of nitrogens with zero attached hydrogens (tertiary/aromatic N) is 4. The van der Waals surface area contributed by atoms with Gasteiger partial charge in [0, 0.05) is 43.9 Å². The molecule has 1 atom stereocenters. The fraction of sp³-hybridized carbons (Fsp3) is 0.500. The molecule has 0 aromatic carbocycles. The van der Waals surface area contributed by atoms with Crippen LogP contribution >= 0.6 is 0 Å². The number of rotatable bonds is 4. The highest BCUT2D eigenvalue weighted by atomic mass is 16.5. The first-order valence-corrected chi connectivity index (χ1v) is 8.46. The maximum absolute atomic E-state index is 11.7. The fourth-order valence-electron chi connectivity index (χ4n) is 3.27. The first-order chi connectivity index (χ1) is 11.6. The second-order valence-corrected chi connectivity index (χ2v) is 6.38. The van der Waals surface area contributed by atoms with Gasteiger partial charge in [-0.2, -0.15) is 9.61 Å². The van der Waals surface area contributed by atoms with Crippen molar-refractivity contribution in [2.75, 3.05) is 25.6 Å². The smallest absolute Gasteiger partial charge is 0.330 e. The van der Waals surface area contributed by atoms with Crippen LogP contribution < -0.4 is 4.90 Å². The number of fused-ring (bicyclic) bond motifs is 1. The van der Waals surface area contributed by atoms with E-state index < -0.39 is 0 Å². The largest absolute Gasteiger partial charge is 0.463 e. The second-order valence-electron chi connectivity index (χ2n) is 6.38. The number of carbonyl (C=O) groups excluding carboxylic acids is 1. The van der Waals surface area contributed by atoms with Crippen LogP contribution in [-0.2, 0) is 9.53 Å². The lowest BCUT2D eigenvalue weighted by molar-refractivity contribution is -0.137.